The van der Waals surface area contributed by atoms with Crippen LogP contribution in [0.3, 0.4) is 0 Å². The van der Waals surface area contributed by atoms with Crippen molar-refractivity contribution in [3.05, 3.63) is 29.1 Å². The fraction of sp³-hybridized carbons (Fsp3) is 0.562. The van der Waals surface area contributed by atoms with Crippen molar-refractivity contribution in [3.63, 3.8) is 0 Å². The molecule has 1 fully saturated rings. The highest BCUT2D eigenvalue weighted by molar-refractivity contribution is 6.32. The lowest BCUT2D eigenvalue weighted by molar-refractivity contribution is 0.0726. The number of imidazole rings is 1. The summed E-state index contributed by atoms with van der Waals surface area (Å²) in [5, 5.41) is 0.375. The van der Waals surface area contributed by atoms with Crippen LogP contribution in [0.2, 0.25) is 5.15 Å². The summed E-state index contributed by atoms with van der Waals surface area (Å²) in [5.74, 6) is 1.02. The molecule has 2 heterocycles. The molecule has 0 aliphatic heterocycles. The highest BCUT2D eigenvalue weighted by Gasteiger charge is 2.27. The lowest BCUT2D eigenvalue weighted by Gasteiger charge is -2.25. The molecule has 5 nitrogen and oxygen atoms in total. The van der Waals surface area contributed by atoms with Gasteiger partial charge >= 0.3 is 0 Å². The van der Waals surface area contributed by atoms with Gasteiger partial charge in [-0.1, -0.05) is 38.3 Å². The number of aromatic nitrogens is 3. The van der Waals surface area contributed by atoms with Crippen LogP contribution in [0.5, 0.6) is 0 Å². The number of carbonyl (C=O) groups excluding carboxylic acids is 1. The molecule has 0 N–H and O–H groups in total. The maximum absolute atomic E-state index is 12.9. The van der Waals surface area contributed by atoms with Gasteiger partial charge in [-0.05, 0) is 12.8 Å². The Morgan fingerprint density at radius 1 is 1.32 bits per heavy atom. The second kappa shape index (κ2) is 5.88. The summed E-state index contributed by atoms with van der Waals surface area (Å²) < 4.78 is 1.85. The third kappa shape index (κ3) is 2.47. The van der Waals surface area contributed by atoms with Gasteiger partial charge in [-0.15, -0.1) is 0 Å². The van der Waals surface area contributed by atoms with E-state index in [0.717, 1.165) is 18.7 Å². The average Bonchev–Trinajstić information content (AvgIpc) is 3.16. The van der Waals surface area contributed by atoms with Crippen LogP contribution < -0.4 is 0 Å². The minimum atomic E-state index is -0.0130. The van der Waals surface area contributed by atoms with Crippen LogP contribution in [0.1, 0.15) is 61.8 Å². The van der Waals surface area contributed by atoms with Gasteiger partial charge in [0.25, 0.3) is 5.91 Å². The zero-order valence-electron chi connectivity index (χ0n) is 13.2. The summed E-state index contributed by atoms with van der Waals surface area (Å²) in [5.41, 5.74) is 1.23. The van der Waals surface area contributed by atoms with Gasteiger partial charge in [0.15, 0.2) is 5.15 Å². The Balaban J connectivity index is 2.07. The van der Waals surface area contributed by atoms with E-state index < -0.39 is 0 Å². The molecule has 0 spiro atoms. The molecule has 1 aliphatic carbocycles. The first-order valence-corrected chi connectivity index (χ1v) is 8.17. The van der Waals surface area contributed by atoms with Gasteiger partial charge in [0.1, 0.15) is 17.0 Å². The molecule has 0 bridgehead atoms. The Hall–Kier alpha value is -1.62. The molecule has 0 atom stereocenters. The van der Waals surface area contributed by atoms with Crippen LogP contribution in [-0.4, -0.2) is 38.3 Å². The zero-order valence-corrected chi connectivity index (χ0v) is 14.0. The van der Waals surface area contributed by atoms with Gasteiger partial charge in [0, 0.05) is 19.0 Å². The fourth-order valence-electron chi connectivity index (χ4n) is 3.20. The van der Waals surface area contributed by atoms with E-state index >= 15 is 0 Å². The van der Waals surface area contributed by atoms with E-state index in [1.54, 1.807) is 12.4 Å². The van der Waals surface area contributed by atoms with Crippen molar-refractivity contribution in [1.29, 1.82) is 0 Å². The standard InChI is InChI=1S/C16H21ClN4O/c1-10(2)15-19-8-12-14(17)18-9-13(21(12)15)16(22)20(3)11-6-4-5-7-11/h8-11H,4-7H2,1-3H3. The van der Waals surface area contributed by atoms with Crippen molar-refractivity contribution in [2.75, 3.05) is 7.05 Å². The zero-order chi connectivity index (χ0) is 15.9. The molecular formula is C16H21ClN4O. The van der Waals surface area contributed by atoms with Crippen molar-refractivity contribution < 1.29 is 4.79 Å². The molecule has 2 aromatic heterocycles. The summed E-state index contributed by atoms with van der Waals surface area (Å²) in [6.45, 7) is 4.11. The third-order valence-corrected chi connectivity index (χ3v) is 4.76. The molecule has 1 amide bonds. The number of halogens is 1. The van der Waals surface area contributed by atoms with Crippen molar-refractivity contribution in [2.45, 2.75) is 51.5 Å². The molecule has 118 valence electrons. The molecule has 3 rings (SSSR count). The Labute approximate surface area is 135 Å². The lowest BCUT2D eigenvalue weighted by Crippen LogP contribution is -2.36. The van der Waals surface area contributed by atoms with Gasteiger partial charge in [-0.25, -0.2) is 9.97 Å². The minimum absolute atomic E-state index is 0.0130. The number of nitrogens with zero attached hydrogens (tertiary/aromatic N) is 4. The number of amides is 1. The van der Waals surface area contributed by atoms with Crippen LogP contribution >= 0.6 is 11.6 Å². The minimum Gasteiger partial charge on any atom is -0.337 e. The summed E-state index contributed by atoms with van der Waals surface area (Å²) in [7, 11) is 1.88. The first-order chi connectivity index (χ1) is 10.5. The van der Waals surface area contributed by atoms with Gasteiger partial charge < -0.3 is 4.90 Å². The van der Waals surface area contributed by atoms with Crippen molar-refractivity contribution in [2.24, 2.45) is 0 Å². The normalized spacial score (nSPS) is 15.9. The lowest BCUT2D eigenvalue weighted by atomic mass is 10.2. The number of hydrogen-bond donors (Lipinski definition) is 0. The average molecular weight is 321 g/mol. The molecule has 1 aliphatic rings. The second-order valence-electron chi connectivity index (χ2n) is 6.28. The maximum Gasteiger partial charge on any atom is 0.272 e. The molecule has 0 aromatic carbocycles. The summed E-state index contributed by atoms with van der Waals surface area (Å²) >= 11 is 6.16. The highest BCUT2D eigenvalue weighted by Crippen LogP contribution is 2.26. The Kier molecular flexibility index (Phi) is 4.08. The van der Waals surface area contributed by atoms with E-state index in [0.29, 0.717) is 22.4 Å². The van der Waals surface area contributed by atoms with E-state index in [2.05, 4.69) is 23.8 Å². The molecule has 0 radical (unpaired) electrons. The summed E-state index contributed by atoms with van der Waals surface area (Å²) in [6, 6.07) is 0.323. The van der Waals surface area contributed by atoms with Crippen LogP contribution in [0, 0.1) is 0 Å². The van der Waals surface area contributed by atoms with Gasteiger partial charge in [-0.2, -0.15) is 0 Å². The second-order valence-corrected chi connectivity index (χ2v) is 6.64. The largest absolute Gasteiger partial charge is 0.337 e. The Bertz CT molecular complexity index is 703. The molecule has 1 saturated carbocycles. The summed E-state index contributed by atoms with van der Waals surface area (Å²) in [4.78, 5) is 23.4. The fourth-order valence-corrected chi connectivity index (χ4v) is 3.38. The van der Waals surface area contributed by atoms with Crippen molar-refractivity contribution in [3.8, 4) is 0 Å². The molecule has 0 unspecified atom stereocenters. The third-order valence-electron chi connectivity index (χ3n) is 4.47. The first-order valence-electron chi connectivity index (χ1n) is 7.79. The summed E-state index contributed by atoms with van der Waals surface area (Å²) in [6.07, 6.45) is 7.80. The Morgan fingerprint density at radius 3 is 2.64 bits per heavy atom. The first kappa shape index (κ1) is 15.3. The highest BCUT2D eigenvalue weighted by atomic mass is 35.5. The predicted octanol–water partition coefficient (Wildman–Crippen LogP) is 3.52. The SMILES string of the molecule is CC(C)c1ncc2c(Cl)ncc(C(=O)N(C)C3CCCC3)n12. The van der Waals surface area contributed by atoms with Crippen LogP contribution in [-0.2, 0) is 0 Å². The number of carbonyl (C=O) groups is 1. The quantitative estimate of drug-likeness (QED) is 0.869. The predicted molar refractivity (Wildman–Crippen MR) is 86.4 cm³/mol. The van der Waals surface area contributed by atoms with Crippen LogP contribution in [0.15, 0.2) is 12.4 Å². The molecule has 6 heteroatoms. The smallest absolute Gasteiger partial charge is 0.272 e. The Morgan fingerprint density at radius 2 is 2.00 bits per heavy atom. The monoisotopic (exact) mass is 320 g/mol. The van der Waals surface area contributed by atoms with Crippen molar-refractivity contribution in [1.82, 2.24) is 19.3 Å². The maximum atomic E-state index is 12.9. The van der Waals surface area contributed by atoms with E-state index in [4.69, 9.17) is 11.6 Å². The molecule has 22 heavy (non-hydrogen) atoms. The van der Waals surface area contributed by atoms with E-state index in [1.165, 1.54) is 12.8 Å². The van der Waals surface area contributed by atoms with Gasteiger partial charge in [-0.3, -0.25) is 9.20 Å². The van der Waals surface area contributed by atoms with Gasteiger partial charge in [0.05, 0.1) is 12.4 Å². The number of rotatable bonds is 3. The van der Waals surface area contributed by atoms with Crippen molar-refractivity contribution >= 4 is 23.0 Å². The molecular weight excluding hydrogens is 300 g/mol. The van der Waals surface area contributed by atoms with E-state index in [-0.39, 0.29) is 11.8 Å². The number of hydrogen-bond acceptors (Lipinski definition) is 3. The van der Waals surface area contributed by atoms with E-state index in [1.807, 2.05) is 16.3 Å². The van der Waals surface area contributed by atoms with Crippen LogP contribution in [0.4, 0.5) is 0 Å². The molecule has 2 aromatic rings. The topological polar surface area (TPSA) is 50.5 Å². The van der Waals surface area contributed by atoms with Gasteiger partial charge in [0.2, 0.25) is 0 Å². The molecule has 0 saturated heterocycles. The number of fused-ring (bicyclic) bond motifs is 1. The van der Waals surface area contributed by atoms with Crippen LogP contribution in [0.25, 0.3) is 5.52 Å². The van der Waals surface area contributed by atoms with E-state index in [9.17, 15) is 4.79 Å².